The molecular weight excluding hydrogens is 230 g/mol. The van der Waals surface area contributed by atoms with Crippen molar-refractivity contribution in [3.8, 4) is 5.75 Å². The maximum Gasteiger partial charge on any atom is 0.132 e. The van der Waals surface area contributed by atoms with Gasteiger partial charge >= 0.3 is 0 Å². The van der Waals surface area contributed by atoms with Crippen molar-refractivity contribution in [1.82, 2.24) is 9.78 Å². The van der Waals surface area contributed by atoms with E-state index in [0.29, 0.717) is 19.0 Å². The van der Waals surface area contributed by atoms with Gasteiger partial charge < -0.3 is 15.6 Å². The van der Waals surface area contributed by atoms with Gasteiger partial charge in [-0.3, -0.25) is 0 Å². The van der Waals surface area contributed by atoms with Crippen LogP contribution in [0.1, 0.15) is 11.3 Å². The van der Waals surface area contributed by atoms with Crippen LogP contribution in [0.4, 0.5) is 5.82 Å². The SMILES string of the molecule is Cc1ccc(OCc2cc(N)n(CCO)n2)cc1. The Morgan fingerprint density at radius 3 is 2.72 bits per heavy atom. The molecule has 0 aliphatic carbocycles. The van der Waals surface area contributed by atoms with Gasteiger partial charge in [0.05, 0.1) is 13.2 Å². The van der Waals surface area contributed by atoms with Crippen LogP contribution < -0.4 is 10.5 Å². The van der Waals surface area contributed by atoms with E-state index >= 15 is 0 Å². The van der Waals surface area contributed by atoms with Crippen LogP contribution in [0, 0.1) is 6.92 Å². The summed E-state index contributed by atoms with van der Waals surface area (Å²) in [6.45, 7) is 2.81. The first-order valence-corrected chi connectivity index (χ1v) is 5.81. The van der Waals surface area contributed by atoms with Crippen LogP contribution in [0.15, 0.2) is 30.3 Å². The summed E-state index contributed by atoms with van der Waals surface area (Å²) in [5.41, 5.74) is 7.69. The maximum absolute atomic E-state index is 8.84. The van der Waals surface area contributed by atoms with Crippen molar-refractivity contribution < 1.29 is 9.84 Å². The minimum absolute atomic E-state index is 0.0180. The number of nitrogens with two attached hydrogens (primary N) is 1. The Morgan fingerprint density at radius 1 is 1.33 bits per heavy atom. The van der Waals surface area contributed by atoms with Crippen molar-refractivity contribution in [3.05, 3.63) is 41.6 Å². The van der Waals surface area contributed by atoms with Gasteiger partial charge in [0.2, 0.25) is 0 Å². The average Bonchev–Trinajstić information content (AvgIpc) is 2.70. The van der Waals surface area contributed by atoms with Gasteiger partial charge in [-0.25, -0.2) is 4.68 Å². The van der Waals surface area contributed by atoms with Crippen molar-refractivity contribution in [3.63, 3.8) is 0 Å². The van der Waals surface area contributed by atoms with E-state index in [0.717, 1.165) is 11.4 Å². The van der Waals surface area contributed by atoms with Crippen LogP contribution in [-0.2, 0) is 13.2 Å². The molecule has 0 atom stereocenters. The molecule has 0 amide bonds. The van der Waals surface area contributed by atoms with Gasteiger partial charge in [-0.1, -0.05) is 17.7 Å². The normalized spacial score (nSPS) is 10.6. The molecule has 18 heavy (non-hydrogen) atoms. The first-order chi connectivity index (χ1) is 8.69. The molecule has 0 aliphatic rings. The van der Waals surface area contributed by atoms with Crippen molar-refractivity contribution in [2.75, 3.05) is 12.3 Å². The molecule has 2 rings (SSSR count). The number of aryl methyl sites for hydroxylation is 1. The lowest BCUT2D eigenvalue weighted by molar-refractivity contribution is 0.267. The van der Waals surface area contributed by atoms with E-state index in [1.165, 1.54) is 5.56 Å². The predicted molar refractivity (Wildman–Crippen MR) is 69.2 cm³/mol. The van der Waals surface area contributed by atoms with Crippen LogP contribution in [0.5, 0.6) is 5.75 Å². The summed E-state index contributed by atoms with van der Waals surface area (Å²) in [4.78, 5) is 0. The molecule has 1 aromatic carbocycles. The zero-order valence-corrected chi connectivity index (χ0v) is 10.3. The number of hydrogen-bond donors (Lipinski definition) is 2. The zero-order valence-electron chi connectivity index (χ0n) is 10.3. The van der Waals surface area contributed by atoms with E-state index in [1.54, 1.807) is 10.7 Å². The number of hydrogen-bond acceptors (Lipinski definition) is 4. The highest BCUT2D eigenvalue weighted by molar-refractivity contribution is 5.31. The first kappa shape index (κ1) is 12.4. The topological polar surface area (TPSA) is 73.3 Å². The monoisotopic (exact) mass is 247 g/mol. The molecule has 0 unspecified atom stereocenters. The molecule has 1 heterocycles. The molecule has 0 saturated carbocycles. The number of ether oxygens (including phenoxy) is 1. The fourth-order valence-corrected chi connectivity index (χ4v) is 1.62. The number of anilines is 1. The van der Waals surface area contributed by atoms with Crippen molar-refractivity contribution in [1.29, 1.82) is 0 Å². The number of aliphatic hydroxyl groups is 1. The van der Waals surface area contributed by atoms with Gasteiger partial charge in [0.25, 0.3) is 0 Å². The van der Waals surface area contributed by atoms with Gasteiger partial charge in [0.15, 0.2) is 0 Å². The second-order valence-electron chi connectivity index (χ2n) is 4.11. The van der Waals surface area contributed by atoms with Crippen LogP contribution in [0.25, 0.3) is 0 Å². The molecule has 0 radical (unpaired) electrons. The van der Waals surface area contributed by atoms with Crippen molar-refractivity contribution >= 4 is 5.82 Å². The zero-order chi connectivity index (χ0) is 13.0. The lowest BCUT2D eigenvalue weighted by Crippen LogP contribution is -2.08. The summed E-state index contributed by atoms with van der Waals surface area (Å²) < 4.78 is 7.16. The van der Waals surface area contributed by atoms with Gasteiger partial charge in [0, 0.05) is 6.07 Å². The minimum Gasteiger partial charge on any atom is -0.487 e. The van der Waals surface area contributed by atoms with Gasteiger partial charge in [-0.2, -0.15) is 5.10 Å². The third-order valence-electron chi connectivity index (χ3n) is 2.58. The highest BCUT2D eigenvalue weighted by Crippen LogP contribution is 2.14. The Labute approximate surface area is 106 Å². The number of rotatable bonds is 5. The smallest absolute Gasteiger partial charge is 0.132 e. The third-order valence-corrected chi connectivity index (χ3v) is 2.58. The minimum atomic E-state index is 0.0180. The van der Waals surface area contributed by atoms with E-state index in [4.69, 9.17) is 15.6 Å². The summed E-state index contributed by atoms with van der Waals surface area (Å²) >= 11 is 0. The molecule has 2 aromatic rings. The van der Waals surface area contributed by atoms with Gasteiger partial charge in [0.1, 0.15) is 23.9 Å². The summed E-state index contributed by atoms with van der Waals surface area (Å²) in [5.74, 6) is 1.34. The third kappa shape index (κ3) is 3.01. The molecule has 0 fully saturated rings. The standard InChI is InChI=1S/C13H17N3O2/c1-10-2-4-12(5-3-10)18-9-11-8-13(14)16(15-11)6-7-17/h2-5,8,17H,6-7,9,14H2,1H3. The summed E-state index contributed by atoms with van der Waals surface area (Å²) in [5, 5.41) is 13.1. The number of nitrogen functional groups attached to an aromatic ring is 1. The summed E-state index contributed by atoms with van der Waals surface area (Å²) in [6, 6.07) is 9.58. The quantitative estimate of drug-likeness (QED) is 0.836. The second-order valence-corrected chi connectivity index (χ2v) is 4.11. The van der Waals surface area contributed by atoms with Crippen LogP contribution in [0.3, 0.4) is 0 Å². The highest BCUT2D eigenvalue weighted by Gasteiger charge is 2.05. The highest BCUT2D eigenvalue weighted by atomic mass is 16.5. The van der Waals surface area contributed by atoms with Gasteiger partial charge in [-0.05, 0) is 19.1 Å². The van der Waals surface area contributed by atoms with E-state index < -0.39 is 0 Å². The van der Waals surface area contributed by atoms with E-state index in [-0.39, 0.29) is 6.61 Å². The number of aliphatic hydroxyl groups excluding tert-OH is 1. The lowest BCUT2D eigenvalue weighted by Gasteiger charge is -2.04. The number of aromatic nitrogens is 2. The Hall–Kier alpha value is -2.01. The summed E-state index contributed by atoms with van der Waals surface area (Å²) in [7, 11) is 0. The lowest BCUT2D eigenvalue weighted by atomic mass is 10.2. The Bertz CT molecular complexity index is 505. The number of nitrogens with zero attached hydrogens (tertiary/aromatic N) is 2. The molecule has 1 aromatic heterocycles. The van der Waals surface area contributed by atoms with Crippen molar-refractivity contribution in [2.45, 2.75) is 20.1 Å². The van der Waals surface area contributed by atoms with Crippen LogP contribution in [-0.4, -0.2) is 21.5 Å². The largest absolute Gasteiger partial charge is 0.487 e. The van der Waals surface area contributed by atoms with E-state index in [1.807, 2.05) is 31.2 Å². The molecule has 5 heteroatoms. The van der Waals surface area contributed by atoms with Crippen LogP contribution in [0.2, 0.25) is 0 Å². The number of benzene rings is 1. The molecule has 3 N–H and O–H groups in total. The second kappa shape index (κ2) is 5.55. The Kier molecular flexibility index (Phi) is 3.84. The predicted octanol–water partition coefficient (Wildman–Crippen LogP) is 1.35. The average molecular weight is 247 g/mol. The molecule has 5 nitrogen and oxygen atoms in total. The first-order valence-electron chi connectivity index (χ1n) is 5.81. The fraction of sp³-hybridized carbons (Fsp3) is 0.308. The molecule has 0 saturated heterocycles. The van der Waals surface area contributed by atoms with Crippen LogP contribution >= 0.6 is 0 Å². The van der Waals surface area contributed by atoms with Gasteiger partial charge in [-0.15, -0.1) is 0 Å². The summed E-state index contributed by atoms with van der Waals surface area (Å²) in [6.07, 6.45) is 0. The van der Waals surface area contributed by atoms with E-state index in [9.17, 15) is 0 Å². The Morgan fingerprint density at radius 2 is 2.06 bits per heavy atom. The van der Waals surface area contributed by atoms with E-state index in [2.05, 4.69) is 5.10 Å². The molecule has 0 bridgehead atoms. The molecule has 96 valence electrons. The molecule has 0 aliphatic heterocycles. The molecular formula is C13H17N3O2. The Balaban J connectivity index is 1.97. The molecule has 0 spiro atoms. The fourth-order valence-electron chi connectivity index (χ4n) is 1.62. The van der Waals surface area contributed by atoms with Crippen molar-refractivity contribution in [2.24, 2.45) is 0 Å². The maximum atomic E-state index is 8.84.